The summed E-state index contributed by atoms with van der Waals surface area (Å²) in [5.41, 5.74) is 5.96. The van der Waals surface area contributed by atoms with Crippen LogP contribution in [0, 0.1) is 0 Å². The Labute approximate surface area is 118 Å². The molecule has 118 valence electrons. The Bertz CT molecular complexity index is 482. The van der Waals surface area contributed by atoms with Gasteiger partial charge >= 0.3 is 18.5 Å². The molecule has 1 aromatic rings. The van der Waals surface area contributed by atoms with Crippen molar-refractivity contribution in [3.8, 4) is 5.75 Å². The van der Waals surface area contributed by atoms with E-state index in [1.54, 1.807) is 6.92 Å². The number of alkyl halides is 4. The SMILES string of the molecule is CCOC(=O)C(N)Cc1cccc(OC(F)(F)C(F)F)c1. The van der Waals surface area contributed by atoms with Crippen molar-refractivity contribution in [1.82, 2.24) is 0 Å². The molecule has 21 heavy (non-hydrogen) atoms. The second-order valence-electron chi connectivity index (χ2n) is 4.17. The Morgan fingerprint density at radius 3 is 2.62 bits per heavy atom. The van der Waals surface area contributed by atoms with Crippen molar-refractivity contribution in [2.45, 2.75) is 31.9 Å². The molecule has 0 saturated heterocycles. The predicted octanol–water partition coefficient (Wildman–Crippen LogP) is 2.36. The van der Waals surface area contributed by atoms with E-state index in [0.29, 0.717) is 5.56 Å². The molecule has 0 aromatic heterocycles. The quantitative estimate of drug-likeness (QED) is 0.620. The van der Waals surface area contributed by atoms with Crippen LogP contribution in [0.1, 0.15) is 12.5 Å². The van der Waals surface area contributed by atoms with E-state index in [0.717, 1.165) is 12.1 Å². The minimum absolute atomic E-state index is 0.0102. The smallest absolute Gasteiger partial charge is 0.461 e. The van der Waals surface area contributed by atoms with Gasteiger partial charge in [0, 0.05) is 0 Å². The fraction of sp³-hybridized carbons (Fsp3) is 0.462. The molecule has 4 nitrogen and oxygen atoms in total. The first-order chi connectivity index (χ1) is 9.76. The van der Waals surface area contributed by atoms with Crippen LogP contribution in [0.15, 0.2) is 24.3 Å². The van der Waals surface area contributed by atoms with Gasteiger partial charge in [-0.05, 0) is 31.0 Å². The molecule has 0 heterocycles. The summed E-state index contributed by atoms with van der Waals surface area (Å²) in [4.78, 5) is 11.4. The highest BCUT2D eigenvalue weighted by atomic mass is 19.3. The summed E-state index contributed by atoms with van der Waals surface area (Å²) in [6.45, 7) is 1.78. The van der Waals surface area contributed by atoms with Gasteiger partial charge in [-0.3, -0.25) is 4.79 Å². The minimum Gasteiger partial charge on any atom is -0.465 e. The molecular weight excluding hydrogens is 294 g/mol. The number of ether oxygens (including phenoxy) is 2. The number of hydrogen-bond acceptors (Lipinski definition) is 4. The standard InChI is InChI=1S/C13H15F4NO3/c1-2-20-11(19)10(18)7-8-4-3-5-9(6-8)21-13(16,17)12(14)15/h3-6,10,12H,2,7,18H2,1H3. The van der Waals surface area contributed by atoms with E-state index < -0.39 is 30.3 Å². The molecular formula is C13H15F4NO3. The number of halogens is 4. The molecule has 2 N–H and O–H groups in total. The minimum atomic E-state index is -4.58. The van der Waals surface area contributed by atoms with Gasteiger partial charge in [0.25, 0.3) is 0 Å². The van der Waals surface area contributed by atoms with Gasteiger partial charge in [0.2, 0.25) is 0 Å². The molecule has 0 aliphatic carbocycles. The number of nitrogens with two attached hydrogens (primary N) is 1. The zero-order chi connectivity index (χ0) is 16.0. The van der Waals surface area contributed by atoms with E-state index in [4.69, 9.17) is 10.5 Å². The van der Waals surface area contributed by atoms with E-state index in [1.807, 2.05) is 0 Å². The summed E-state index contributed by atoms with van der Waals surface area (Å²) < 4.78 is 58.3. The van der Waals surface area contributed by atoms with Gasteiger partial charge in [-0.25, -0.2) is 0 Å². The Morgan fingerprint density at radius 1 is 1.38 bits per heavy atom. The molecule has 0 spiro atoms. The van der Waals surface area contributed by atoms with Crippen molar-refractivity contribution in [3.63, 3.8) is 0 Å². The number of carbonyl (C=O) groups excluding carboxylic acids is 1. The van der Waals surface area contributed by atoms with Gasteiger partial charge in [0.15, 0.2) is 0 Å². The van der Waals surface area contributed by atoms with Crippen molar-refractivity contribution in [1.29, 1.82) is 0 Å². The molecule has 1 atom stereocenters. The highest BCUT2D eigenvalue weighted by Crippen LogP contribution is 2.28. The van der Waals surface area contributed by atoms with Crippen LogP contribution < -0.4 is 10.5 Å². The van der Waals surface area contributed by atoms with Gasteiger partial charge in [0.05, 0.1) is 6.61 Å². The average molecular weight is 309 g/mol. The Morgan fingerprint density at radius 2 is 2.05 bits per heavy atom. The predicted molar refractivity (Wildman–Crippen MR) is 66.3 cm³/mol. The molecule has 0 fully saturated rings. The van der Waals surface area contributed by atoms with E-state index in [9.17, 15) is 22.4 Å². The molecule has 0 amide bonds. The summed E-state index contributed by atoms with van der Waals surface area (Å²) in [5, 5.41) is 0. The van der Waals surface area contributed by atoms with Crippen LogP contribution in [0.2, 0.25) is 0 Å². The lowest BCUT2D eigenvalue weighted by Crippen LogP contribution is -2.34. The topological polar surface area (TPSA) is 61.5 Å². The number of carbonyl (C=O) groups is 1. The lowest BCUT2D eigenvalue weighted by atomic mass is 10.1. The van der Waals surface area contributed by atoms with Gasteiger partial charge in [0.1, 0.15) is 11.8 Å². The highest BCUT2D eigenvalue weighted by Gasteiger charge is 2.43. The summed E-state index contributed by atoms with van der Waals surface area (Å²) in [6, 6.07) is 4.09. The first-order valence-electron chi connectivity index (χ1n) is 6.12. The second kappa shape index (κ2) is 7.26. The third kappa shape index (κ3) is 5.22. The van der Waals surface area contributed by atoms with E-state index in [2.05, 4.69) is 4.74 Å². The van der Waals surface area contributed by atoms with E-state index in [1.165, 1.54) is 12.1 Å². The third-order valence-electron chi connectivity index (χ3n) is 2.45. The molecule has 8 heteroatoms. The fourth-order valence-electron chi connectivity index (χ4n) is 1.52. The second-order valence-corrected chi connectivity index (χ2v) is 4.17. The van der Waals surface area contributed by atoms with Crippen molar-refractivity contribution in [2.75, 3.05) is 6.61 Å². The Balaban J connectivity index is 2.75. The molecule has 1 aromatic carbocycles. The molecule has 0 aliphatic heterocycles. The third-order valence-corrected chi connectivity index (χ3v) is 2.45. The van der Waals surface area contributed by atoms with E-state index in [-0.39, 0.29) is 13.0 Å². The maximum absolute atomic E-state index is 12.8. The normalized spacial score (nSPS) is 13.1. The van der Waals surface area contributed by atoms with Crippen molar-refractivity contribution >= 4 is 5.97 Å². The molecule has 0 aliphatic rings. The maximum atomic E-state index is 12.8. The average Bonchev–Trinajstić information content (AvgIpc) is 2.38. The molecule has 1 unspecified atom stereocenters. The zero-order valence-corrected chi connectivity index (χ0v) is 11.2. The zero-order valence-electron chi connectivity index (χ0n) is 11.2. The van der Waals surface area contributed by atoms with Crippen molar-refractivity contribution in [3.05, 3.63) is 29.8 Å². The molecule has 0 saturated carbocycles. The van der Waals surface area contributed by atoms with Crippen LogP contribution in [0.5, 0.6) is 5.75 Å². The number of rotatable bonds is 7. The summed E-state index contributed by atoms with van der Waals surface area (Å²) in [6.07, 6.45) is -8.51. The fourth-order valence-corrected chi connectivity index (χ4v) is 1.52. The summed E-state index contributed by atoms with van der Waals surface area (Å²) >= 11 is 0. The van der Waals surface area contributed by atoms with Crippen LogP contribution in [0.25, 0.3) is 0 Å². The monoisotopic (exact) mass is 309 g/mol. The van der Waals surface area contributed by atoms with Crippen molar-refractivity contribution < 1.29 is 31.8 Å². The molecule has 1 rings (SSSR count). The Kier molecular flexibility index (Phi) is 5.95. The summed E-state index contributed by atoms with van der Waals surface area (Å²) in [7, 11) is 0. The van der Waals surface area contributed by atoms with Crippen LogP contribution in [0.4, 0.5) is 17.6 Å². The lowest BCUT2D eigenvalue weighted by Gasteiger charge is -2.17. The van der Waals surface area contributed by atoms with Crippen LogP contribution in [0.3, 0.4) is 0 Å². The molecule has 0 bridgehead atoms. The number of benzene rings is 1. The van der Waals surface area contributed by atoms with E-state index >= 15 is 0 Å². The van der Waals surface area contributed by atoms with Gasteiger partial charge in [-0.1, -0.05) is 12.1 Å². The van der Waals surface area contributed by atoms with Gasteiger partial charge in [-0.15, -0.1) is 0 Å². The summed E-state index contributed by atoms with van der Waals surface area (Å²) in [5.74, 6) is -1.07. The van der Waals surface area contributed by atoms with Gasteiger partial charge in [-0.2, -0.15) is 17.6 Å². The molecule has 0 radical (unpaired) electrons. The number of esters is 1. The first kappa shape index (κ1) is 17.2. The first-order valence-corrected chi connectivity index (χ1v) is 6.12. The van der Waals surface area contributed by atoms with Crippen LogP contribution in [-0.2, 0) is 16.0 Å². The maximum Gasteiger partial charge on any atom is 0.461 e. The van der Waals surface area contributed by atoms with Crippen molar-refractivity contribution in [2.24, 2.45) is 5.73 Å². The number of hydrogen-bond donors (Lipinski definition) is 1. The Hall–Kier alpha value is -1.83. The van der Waals surface area contributed by atoms with Crippen LogP contribution >= 0.6 is 0 Å². The van der Waals surface area contributed by atoms with Crippen LogP contribution in [-0.4, -0.2) is 31.2 Å². The van der Waals surface area contributed by atoms with Gasteiger partial charge < -0.3 is 15.2 Å². The highest BCUT2D eigenvalue weighted by molar-refractivity contribution is 5.75. The lowest BCUT2D eigenvalue weighted by molar-refractivity contribution is -0.253. The largest absolute Gasteiger partial charge is 0.465 e.